The van der Waals surface area contributed by atoms with Crippen LogP contribution in [0.1, 0.15) is 6.92 Å². The summed E-state index contributed by atoms with van der Waals surface area (Å²) in [6.45, 7) is 1.95. The van der Waals surface area contributed by atoms with Crippen molar-refractivity contribution >= 4 is 23.6 Å². The lowest BCUT2D eigenvalue weighted by atomic mass is 10.2. The Balaban J connectivity index is 2.83. The highest BCUT2D eigenvalue weighted by atomic mass is 16.5. The molecule has 1 aromatic rings. The summed E-state index contributed by atoms with van der Waals surface area (Å²) in [6.07, 6.45) is 1.31. The zero-order valence-electron chi connectivity index (χ0n) is 11.3. The van der Waals surface area contributed by atoms with Gasteiger partial charge < -0.3 is 9.64 Å². The van der Waals surface area contributed by atoms with Crippen LogP contribution in [0.25, 0.3) is 0 Å². The molecule has 0 aromatic heterocycles. The lowest BCUT2D eigenvalue weighted by Crippen LogP contribution is -2.17. The first-order valence-electron chi connectivity index (χ1n) is 5.96. The fourth-order valence-electron chi connectivity index (χ4n) is 1.39. The van der Waals surface area contributed by atoms with Crippen LogP contribution in [-0.2, 0) is 9.53 Å². The maximum Gasteiger partial charge on any atom is 0.328 e. The molecule has 0 bridgehead atoms. The lowest BCUT2D eigenvalue weighted by molar-refractivity contribution is -0.143. The number of benzene rings is 1. The molecule has 1 aromatic carbocycles. The fraction of sp³-hybridized carbons (Fsp3) is 0.357. The average molecular weight is 259 g/mol. The van der Waals surface area contributed by atoms with Gasteiger partial charge in [-0.25, -0.2) is 0 Å². The van der Waals surface area contributed by atoms with Gasteiger partial charge in [-0.1, -0.05) is 6.07 Å². The van der Waals surface area contributed by atoms with Gasteiger partial charge in [0, 0.05) is 26.0 Å². The van der Waals surface area contributed by atoms with Crippen LogP contribution in [0.2, 0.25) is 0 Å². The van der Waals surface area contributed by atoms with Gasteiger partial charge in [0.05, 0.1) is 18.4 Å². The highest BCUT2D eigenvalue weighted by Gasteiger charge is 2.16. The summed E-state index contributed by atoms with van der Waals surface area (Å²) in [4.78, 5) is 17.5. The molecule has 0 saturated carbocycles. The van der Waals surface area contributed by atoms with E-state index in [0.29, 0.717) is 5.69 Å². The van der Waals surface area contributed by atoms with Gasteiger partial charge in [0.1, 0.15) is 0 Å². The predicted octanol–water partition coefficient (Wildman–Crippen LogP) is 2.16. The van der Waals surface area contributed by atoms with Crippen molar-refractivity contribution in [3.63, 3.8) is 0 Å². The second-order valence-electron chi connectivity index (χ2n) is 4.05. The molecule has 19 heavy (non-hydrogen) atoms. The molecule has 0 heterocycles. The average Bonchev–Trinajstić information content (AvgIpc) is 2.40. The Kier molecular flexibility index (Phi) is 5.55. The predicted molar refractivity (Wildman–Crippen MR) is 74.7 cm³/mol. The highest BCUT2D eigenvalue weighted by Crippen LogP contribution is 2.19. The zero-order valence-corrected chi connectivity index (χ0v) is 11.3. The molecule has 0 radical (unpaired) electrons. The van der Waals surface area contributed by atoms with E-state index < -0.39 is 11.9 Å². The van der Waals surface area contributed by atoms with Crippen molar-refractivity contribution in [2.24, 2.45) is 10.9 Å². The summed E-state index contributed by atoms with van der Waals surface area (Å²) in [6, 6.07) is 9.36. The lowest BCUT2D eigenvalue weighted by Gasteiger charge is -2.12. The second kappa shape index (κ2) is 7.17. The Morgan fingerprint density at radius 2 is 2.32 bits per heavy atom. The van der Waals surface area contributed by atoms with Gasteiger partial charge >= 0.3 is 5.97 Å². The van der Waals surface area contributed by atoms with Crippen molar-refractivity contribution in [3.8, 4) is 6.07 Å². The van der Waals surface area contributed by atoms with Crippen LogP contribution in [0.15, 0.2) is 29.3 Å². The number of ether oxygens (including phenoxy) is 1. The van der Waals surface area contributed by atoms with Crippen LogP contribution in [0, 0.1) is 17.2 Å². The maximum atomic E-state index is 11.4. The van der Waals surface area contributed by atoms with Gasteiger partial charge in [-0.15, -0.1) is 0 Å². The molecule has 0 aliphatic carbocycles. The molecule has 0 unspecified atom stereocenters. The fourth-order valence-corrected chi connectivity index (χ4v) is 1.39. The van der Waals surface area contributed by atoms with Gasteiger partial charge in [-0.3, -0.25) is 9.79 Å². The van der Waals surface area contributed by atoms with Crippen molar-refractivity contribution in [2.45, 2.75) is 6.92 Å². The monoisotopic (exact) mass is 259 g/mol. The van der Waals surface area contributed by atoms with Gasteiger partial charge in [0.2, 0.25) is 0 Å². The Morgan fingerprint density at radius 3 is 2.89 bits per heavy atom. The number of esters is 1. The number of nitriles is 1. The summed E-state index contributed by atoms with van der Waals surface area (Å²) in [5, 5.41) is 8.89. The smallest absolute Gasteiger partial charge is 0.328 e. The normalized spacial score (nSPS) is 11.9. The number of hydrogen-bond donors (Lipinski definition) is 0. The molecule has 0 aliphatic heterocycles. The summed E-state index contributed by atoms with van der Waals surface area (Å²) in [7, 11) is 3.86. The Hall–Kier alpha value is -2.35. The number of carbonyl (C=O) groups excluding carboxylic acids is 1. The quantitative estimate of drug-likeness (QED) is 0.600. The van der Waals surface area contributed by atoms with E-state index in [4.69, 9.17) is 10.00 Å². The van der Waals surface area contributed by atoms with Crippen LogP contribution in [0.3, 0.4) is 0 Å². The highest BCUT2D eigenvalue weighted by molar-refractivity contribution is 5.93. The summed E-state index contributed by atoms with van der Waals surface area (Å²) < 4.78 is 4.78. The minimum absolute atomic E-state index is 0.251. The van der Waals surface area contributed by atoms with E-state index in [1.807, 2.05) is 49.3 Å². The maximum absolute atomic E-state index is 11.4. The van der Waals surface area contributed by atoms with Crippen molar-refractivity contribution in [1.29, 1.82) is 5.26 Å². The van der Waals surface area contributed by atoms with Crippen molar-refractivity contribution in [1.82, 2.24) is 0 Å². The first-order valence-corrected chi connectivity index (χ1v) is 5.96. The number of nitrogens with zero attached hydrogens (tertiary/aromatic N) is 3. The molecule has 1 rings (SSSR count). The standard InChI is InChI=1S/C14H17N3O2/c1-4-19-14(18)11(9-15)10-16-12-6-5-7-13(8-12)17(2)3/h5-8,10-11H,4H2,1-3H3/t11-/m1/s1. The van der Waals surface area contributed by atoms with Crippen LogP contribution in [-0.4, -0.2) is 32.9 Å². The molecule has 0 fully saturated rings. The molecule has 100 valence electrons. The summed E-state index contributed by atoms with van der Waals surface area (Å²) in [5.74, 6) is -1.54. The van der Waals surface area contributed by atoms with Crippen molar-refractivity contribution in [3.05, 3.63) is 24.3 Å². The summed E-state index contributed by atoms with van der Waals surface area (Å²) >= 11 is 0. The van der Waals surface area contributed by atoms with Gasteiger partial charge in [0.25, 0.3) is 0 Å². The Bertz CT molecular complexity index is 504. The van der Waals surface area contributed by atoms with Crippen LogP contribution in [0.4, 0.5) is 11.4 Å². The van der Waals surface area contributed by atoms with Crippen LogP contribution >= 0.6 is 0 Å². The molecule has 0 N–H and O–H groups in total. The number of aliphatic imine (C=N–C) groups is 1. The van der Waals surface area contributed by atoms with Gasteiger partial charge in [-0.05, 0) is 25.1 Å². The number of carbonyl (C=O) groups is 1. The van der Waals surface area contributed by atoms with Crippen LogP contribution in [0.5, 0.6) is 0 Å². The molecule has 5 nitrogen and oxygen atoms in total. The molecule has 0 saturated heterocycles. The van der Waals surface area contributed by atoms with E-state index in [9.17, 15) is 4.79 Å². The Labute approximate surface area is 113 Å². The van der Waals surface area contributed by atoms with E-state index in [0.717, 1.165) is 5.69 Å². The topological polar surface area (TPSA) is 65.7 Å². The van der Waals surface area contributed by atoms with E-state index in [2.05, 4.69) is 4.99 Å². The first kappa shape index (κ1) is 14.7. The molecule has 0 spiro atoms. The van der Waals surface area contributed by atoms with Gasteiger partial charge in [0.15, 0.2) is 5.92 Å². The first-order chi connectivity index (χ1) is 9.08. The number of rotatable bonds is 5. The molecular weight excluding hydrogens is 242 g/mol. The molecule has 0 amide bonds. The second-order valence-corrected chi connectivity index (χ2v) is 4.05. The minimum atomic E-state index is -0.969. The van der Waals surface area contributed by atoms with E-state index in [1.165, 1.54) is 6.21 Å². The van der Waals surface area contributed by atoms with E-state index in [1.54, 1.807) is 6.92 Å². The largest absolute Gasteiger partial charge is 0.465 e. The zero-order chi connectivity index (χ0) is 14.3. The third kappa shape index (κ3) is 4.43. The van der Waals surface area contributed by atoms with Crippen molar-refractivity contribution < 1.29 is 9.53 Å². The molecule has 1 atom stereocenters. The van der Waals surface area contributed by atoms with Crippen LogP contribution < -0.4 is 4.90 Å². The summed E-state index contributed by atoms with van der Waals surface area (Å²) in [5.41, 5.74) is 1.69. The minimum Gasteiger partial charge on any atom is -0.465 e. The third-order valence-corrected chi connectivity index (χ3v) is 2.40. The third-order valence-electron chi connectivity index (χ3n) is 2.40. The molecule has 5 heteroatoms. The number of anilines is 1. The van der Waals surface area contributed by atoms with E-state index >= 15 is 0 Å². The SMILES string of the molecule is CCOC(=O)[C@H](C#N)C=Nc1cccc(N(C)C)c1. The van der Waals surface area contributed by atoms with E-state index in [-0.39, 0.29) is 6.61 Å². The molecular formula is C14H17N3O2. The van der Waals surface area contributed by atoms with Gasteiger partial charge in [-0.2, -0.15) is 5.26 Å². The van der Waals surface area contributed by atoms with Crippen molar-refractivity contribution in [2.75, 3.05) is 25.6 Å². The number of hydrogen-bond acceptors (Lipinski definition) is 5. The molecule has 0 aliphatic rings. The Morgan fingerprint density at radius 1 is 1.58 bits per heavy atom.